The molecule has 18 heavy (non-hydrogen) atoms. The molecule has 3 nitrogen and oxygen atoms in total. The van der Waals surface area contributed by atoms with E-state index in [1.54, 1.807) is 12.3 Å². The molecule has 0 saturated carbocycles. The molecule has 2 heterocycles. The smallest absolute Gasteiger partial charge is 0.141 e. The van der Waals surface area contributed by atoms with Crippen LogP contribution in [0, 0.1) is 11.7 Å². The van der Waals surface area contributed by atoms with Crippen molar-refractivity contribution in [1.29, 1.82) is 0 Å². The third-order valence-corrected chi connectivity index (χ3v) is 3.59. The number of piperidine rings is 1. The average Bonchev–Trinajstić information content (AvgIpc) is 2.39. The van der Waals surface area contributed by atoms with Gasteiger partial charge in [0.2, 0.25) is 0 Å². The lowest BCUT2D eigenvalue weighted by Crippen LogP contribution is -2.35. The van der Waals surface area contributed by atoms with E-state index in [0.29, 0.717) is 0 Å². The van der Waals surface area contributed by atoms with E-state index in [9.17, 15) is 4.39 Å². The molecule has 1 saturated heterocycles. The molecular formula is C14H22FN3. The van der Waals surface area contributed by atoms with Gasteiger partial charge in [0.1, 0.15) is 5.82 Å². The Kier molecular flexibility index (Phi) is 5.08. The van der Waals surface area contributed by atoms with Gasteiger partial charge in [-0.15, -0.1) is 0 Å². The number of hydrogen-bond donors (Lipinski definition) is 1. The molecule has 0 spiro atoms. The molecule has 100 valence electrons. The van der Waals surface area contributed by atoms with Gasteiger partial charge in [-0.3, -0.25) is 9.88 Å². The largest absolute Gasteiger partial charge is 0.317 e. The number of nitrogens with one attached hydrogen (secondary N) is 1. The van der Waals surface area contributed by atoms with Gasteiger partial charge in [-0.25, -0.2) is 4.39 Å². The lowest BCUT2D eigenvalue weighted by atomic mass is 9.97. The normalized spacial score (nSPS) is 17.3. The molecule has 2 rings (SSSR count). The van der Waals surface area contributed by atoms with Crippen LogP contribution in [0.2, 0.25) is 0 Å². The maximum absolute atomic E-state index is 13.1. The van der Waals surface area contributed by atoms with E-state index >= 15 is 0 Å². The van der Waals surface area contributed by atoms with E-state index < -0.39 is 0 Å². The van der Waals surface area contributed by atoms with Crippen LogP contribution in [0.5, 0.6) is 0 Å². The molecule has 1 aliphatic rings. The highest BCUT2D eigenvalue weighted by molar-refractivity contribution is 5.09. The van der Waals surface area contributed by atoms with Crippen molar-refractivity contribution >= 4 is 0 Å². The summed E-state index contributed by atoms with van der Waals surface area (Å²) in [5.74, 6) is 0.526. The number of halogens is 1. The molecule has 1 aliphatic heterocycles. The molecule has 1 N–H and O–H groups in total. The third kappa shape index (κ3) is 4.03. The quantitative estimate of drug-likeness (QED) is 0.868. The zero-order valence-corrected chi connectivity index (χ0v) is 11.0. The first-order valence-corrected chi connectivity index (χ1v) is 6.80. The number of rotatable bonds is 5. The van der Waals surface area contributed by atoms with E-state index in [4.69, 9.17) is 0 Å². The van der Waals surface area contributed by atoms with Gasteiger partial charge >= 0.3 is 0 Å². The molecular weight excluding hydrogens is 229 g/mol. The minimum absolute atomic E-state index is 0.245. The first kappa shape index (κ1) is 13.4. The fourth-order valence-electron chi connectivity index (χ4n) is 2.54. The van der Waals surface area contributed by atoms with Gasteiger partial charge in [0.05, 0.1) is 6.20 Å². The van der Waals surface area contributed by atoms with Crippen LogP contribution in [0.25, 0.3) is 0 Å². The summed E-state index contributed by atoms with van der Waals surface area (Å²) in [6, 6.07) is 1.58. The molecule has 0 aromatic carbocycles. The number of pyridine rings is 1. The molecule has 0 unspecified atom stereocenters. The van der Waals surface area contributed by atoms with Gasteiger partial charge in [0.25, 0.3) is 0 Å². The molecule has 0 bridgehead atoms. The summed E-state index contributed by atoms with van der Waals surface area (Å²) in [7, 11) is 0. The summed E-state index contributed by atoms with van der Waals surface area (Å²) in [4.78, 5) is 6.29. The second kappa shape index (κ2) is 6.81. The van der Waals surface area contributed by atoms with E-state index in [1.807, 2.05) is 0 Å². The standard InChI is InChI=1S/C14H22FN3/c1-2-18(10-12-3-5-16-6-4-12)11-13-7-14(15)9-17-8-13/h7-9,12,16H,2-6,10-11H2,1H3. The second-order valence-corrected chi connectivity index (χ2v) is 5.03. The zero-order chi connectivity index (χ0) is 12.8. The summed E-state index contributed by atoms with van der Waals surface area (Å²) in [5, 5.41) is 3.39. The predicted octanol–water partition coefficient (Wildman–Crippen LogP) is 2.04. The van der Waals surface area contributed by atoms with Crippen LogP contribution < -0.4 is 5.32 Å². The van der Waals surface area contributed by atoms with Gasteiger partial charge in [-0.05, 0) is 50.0 Å². The second-order valence-electron chi connectivity index (χ2n) is 5.03. The Labute approximate surface area is 108 Å². The van der Waals surface area contributed by atoms with Crippen molar-refractivity contribution < 1.29 is 4.39 Å². The summed E-state index contributed by atoms with van der Waals surface area (Å²) in [5.41, 5.74) is 0.964. The van der Waals surface area contributed by atoms with E-state index in [0.717, 1.165) is 44.2 Å². The highest BCUT2D eigenvalue weighted by Crippen LogP contribution is 2.15. The number of aromatic nitrogens is 1. The first-order chi connectivity index (χ1) is 8.78. The fourth-order valence-corrected chi connectivity index (χ4v) is 2.54. The summed E-state index contributed by atoms with van der Waals surface area (Å²) >= 11 is 0. The van der Waals surface area contributed by atoms with Gasteiger partial charge in [0.15, 0.2) is 0 Å². The SMILES string of the molecule is CCN(Cc1cncc(F)c1)CC1CCNCC1. The van der Waals surface area contributed by atoms with Gasteiger partial charge in [-0.1, -0.05) is 6.92 Å². The van der Waals surface area contributed by atoms with E-state index in [-0.39, 0.29) is 5.82 Å². The Morgan fingerprint density at radius 2 is 2.17 bits per heavy atom. The molecule has 0 radical (unpaired) electrons. The lowest BCUT2D eigenvalue weighted by Gasteiger charge is -2.29. The minimum Gasteiger partial charge on any atom is -0.317 e. The summed E-state index contributed by atoms with van der Waals surface area (Å²) in [6.45, 7) is 7.32. The Morgan fingerprint density at radius 3 is 2.83 bits per heavy atom. The Morgan fingerprint density at radius 1 is 1.39 bits per heavy atom. The van der Waals surface area contributed by atoms with Gasteiger partial charge in [0, 0.05) is 19.3 Å². The van der Waals surface area contributed by atoms with Crippen molar-refractivity contribution in [2.45, 2.75) is 26.3 Å². The lowest BCUT2D eigenvalue weighted by molar-refractivity contribution is 0.206. The summed E-state index contributed by atoms with van der Waals surface area (Å²) < 4.78 is 13.1. The van der Waals surface area contributed by atoms with Crippen LogP contribution >= 0.6 is 0 Å². The third-order valence-electron chi connectivity index (χ3n) is 3.59. The van der Waals surface area contributed by atoms with Crippen molar-refractivity contribution in [2.24, 2.45) is 5.92 Å². The highest BCUT2D eigenvalue weighted by atomic mass is 19.1. The monoisotopic (exact) mass is 251 g/mol. The van der Waals surface area contributed by atoms with Gasteiger partial charge in [-0.2, -0.15) is 0 Å². The molecule has 0 atom stereocenters. The molecule has 0 aliphatic carbocycles. The van der Waals surface area contributed by atoms with E-state index in [1.165, 1.54) is 19.0 Å². The molecule has 0 amide bonds. The number of hydrogen-bond acceptors (Lipinski definition) is 3. The van der Waals surface area contributed by atoms with Crippen LogP contribution in [0.1, 0.15) is 25.3 Å². The molecule has 4 heteroatoms. The Bertz CT molecular complexity index is 364. The summed E-state index contributed by atoms with van der Waals surface area (Å²) in [6.07, 6.45) is 5.51. The zero-order valence-electron chi connectivity index (χ0n) is 11.0. The minimum atomic E-state index is -0.245. The van der Waals surface area contributed by atoms with E-state index in [2.05, 4.69) is 22.1 Å². The Balaban J connectivity index is 1.88. The average molecular weight is 251 g/mol. The first-order valence-electron chi connectivity index (χ1n) is 6.80. The van der Waals surface area contributed by atoms with Crippen LogP contribution in [-0.2, 0) is 6.54 Å². The predicted molar refractivity (Wildman–Crippen MR) is 70.7 cm³/mol. The molecule has 1 aromatic rings. The van der Waals surface area contributed by atoms with Gasteiger partial charge < -0.3 is 5.32 Å². The van der Waals surface area contributed by atoms with Crippen molar-refractivity contribution in [3.63, 3.8) is 0 Å². The van der Waals surface area contributed by atoms with Crippen LogP contribution in [0.15, 0.2) is 18.5 Å². The highest BCUT2D eigenvalue weighted by Gasteiger charge is 2.16. The fraction of sp³-hybridized carbons (Fsp3) is 0.643. The van der Waals surface area contributed by atoms with Crippen LogP contribution in [0.3, 0.4) is 0 Å². The van der Waals surface area contributed by atoms with Crippen LogP contribution in [0.4, 0.5) is 4.39 Å². The van der Waals surface area contributed by atoms with Crippen molar-refractivity contribution in [2.75, 3.05) is 26.2 Å². The molecule has 1 fully saturated rings. The van der Waals surface area contributed by atoms with Crippen LogP contribution in [-0.4, -0.2) is 36.1 Å². The Hall–Kier alpha value is -1.00. The van der Waals surface area contributed by atoms with Crippen molar-refractivity contribution in [1.82, 2.24) is 15.2 Å². The van der Waals surface area contributed by atoms with Crippen molar-refractivity contribution in [3.8, 4) is 0 Å². The maximum Gasteiger partial charge on any atom is 0.141 e. The van der Waals surface area contributed by atoms with Crippen molar-refractivity contribution in [3.05, 3.63) is 29.8 Å². The molecule has 1 aromatic heterocycles. The topological polar surface area (TPSA) is 28.2 Å². The number of nitrogens with zero attached hydrogens (tertiary/aromatic N) is 2. The maximum atomic E-state index is 13.1.